The van der Waals surface area contributed by atoms with Crippen LogP contribution >= 0.6 is 11.6 Å². The Kier molecular flexibility index (Phi) is 6.04. The van der Waals surface area contributed by atoms with E-state index in [-0.39, 0.29) is 0 Å². The topological polar surface area (TPSA) is 47.0 Å². The lowest BCUT2D eigenvalue weighted by molar-refractivity contribution is 0.192. The second kappa shape index (κ2) is 7.43. The molecule has 0 amide bonds. The van der Waals surface area contributed by atoms with Crippen molar-refractivity contribution in [2.24, 2.45) is 0 Å². The summed E-state index contributed by atoms with van der Waals surface area (Å²) in [6.45, 7) is 1.73. The number of hydrogen-bond acceptors (Lipinski definition) is 4. The fourth-order valence-corrected chi connectivity index (χ4v) is 1.34. The van der Waals surface area contributed by atoms with Crippen LogP contribution in [0.15, 0.2) is 12.4 Å². The first-order valence-electron chi connectivity index (χ1n) is 5.03. The van der Waals surface area contributed by atoms with Gasteiger partial charge < -0.3 is 10.1 Å². The highest BCUT2D eigenvalue weighted by molar-refractivity contribution is 6.29. The van der Waals surface area contributed by atoms with Gasteiger partial charge in [0.1, 0.15) is 17.3 Å². The van der Waals surface area contributed by atoms with Crippen molar-refractivity contribution in [1.82, 2.24) is 9.97 Å². The van der Waals surface area contributed by atoms with Crippen LogP contribution in [-0.2, 0) is 4.74 Å². The van der Waals surface area contributed by atoms with E-state index < -0.39 is 0 Å². The lowest BCUT2D eigenvalue weighted by Gasteiger charge is -2.04. The summed E-state index contributed by atoms with van der Waals surface area (Å²) in [7, 11) is 1.72. The molecule has 0 unspecified atom stereocenters. The quantitative estimate of drug-likeness (QED) is 0.576. The smallest absolute Gasteiger partial charge is 0.134 e. The number of rotatable bonds is 7. The van der Waals surface area contributed by atoms with Crippen molar-refractivity contribution in [1.29, 1.82) is 0 Å². The molecule has 84 valence electrons. The molecule has 0 aromatic carbocycles. The fourth-order valence-electron chi connectivity index (χ4n) is 1.19. The molecule has 0 bridgehead atoms. The van der Waals surface area contributed by atoms with Gasteiger partial charge in [-0.3, -0.25) is 0 Å². The molecule has 0 aliphatic heterocycles. The number of nitrogens with zero attached hydrogens (tertiary/aromatic N) is 2. The van der Waals surface area contributed by atoms with E-state index in [9.17, 15) is 0 Å². The van der Waals surface area contributed by atoms with Gasteiger partial charge in [-0.1, -0.05) is 11.6 Å². The van der Waals surface area contributed by atoms with E-state index in [2.05, 4.69) is 15.3 Å². The molecule has 4 nitrogen and oxygen atoms in total. The molecule has 1 rings (SSSR count). The Labute approximate surface area is 95.0 Å². The summed E-state index contributed by atoms with van der Waals surface area (Å²) in [6.07, 6.45) is 4.81. The monoisotopic (exact) mass is 229 g/mol. The Morgan fingerprint density at radius 2 is 2.20 bits per heavy atom. The number of methoxy groups -OCH3 is 1. The molecule has 1 aromatic heterocycles. The van der Waals surface area contributed by atoms with E-state index in [0.717, 1.165) is 38.2 Å². The van der Waals surface area contributed by atoms with Gasteiger partial charge in [-0.2, -0.15) is 0 Å². The van der Waals surface area contributed by atoms with E-state index in [1.807, 2.05) is 0 Å². The predicted octanol–water partition coefficient (Wildman–Crippen LogP) is 2.36. The predicted molar refractivity (Wildman–Crippen MR) is 61.3 cm³/mol. The number of aromatic nitrogens is 2. The normalized spacial score (nSPS) is 10.3. The number of hydrogen-bond donors (Lipinski definition) is 1. The molecule has 0 fully saturated rings. The lowest BCUT2D eigenvalue weighted by atomic mass is 10.2. The van der Waals surface area contributed by atoms with E-state index in [0.29, 0.717) is 5.15 Å². The molecule has 0 saturated carbocycles. The van der Waals surface area contributed by atoms with Gasteiger partial charge in [0.2, 0.25) is 0 Å². The zero-order valence-electron chi connectivity index (χ0n) is 8.87. The van der Waals surface area contributed by atoms with Crippen LogP contribution in [0.5, 0.6) is 0 Å². The van der Waals surface area contributed by atoms with Crippen LogP contribution in [0.25, 0.3) is 0 Å². The number of anilines is 1. The van der Waals surface area contributed by atoms with Gasteiger partial charge in [-0.05, 0) is 19.3 Å². The van der Waals surface area contributed by atoms with Gasteiger partial charge in [0.05, 0.1) is 0 Å². The van der Waals surface area contributed by atoms with Crippen LogP contribution < -0.4 is 5.32 Å². The van der Waals surface area contributed by atoms with Crippen molar-refractivity contribution < 1.29 is 4.74 Å². The van der Waals surface area contributed by atoms with Crippen molar-refractivity contribution >= 4 is 17.4 Å². The number of ether oxygens (including phenoxy) is 1. The van der Waals surface area contributed by atoms with E-state index in [4.69, 9.17) is 16.3 Å². The van der Waals surface area contributed by atoms with Gasteiger partial charge in [0.15, 0.2) is 0 Å². The second-order valence-corrected chi connectivity index (χ2v) is 3.59. The Hall–Kier alpha value is -0.870. The molecule has 0 atom stereocenters. The highest BCUT2D eigenvalue weighted by Crippen LogP contribution is 2.08. The summed E-state index contributed by atoms with van der Waals surface area (Å²) in [5, 5.41) is 3.65. The van der Waals surface area contributed by atoms with Gasteiger partial charge in [-0.15, -0.1) is 0 Å². The van der Waals surface area contributed by atoms with Crippen molar-refractivity contribution in [3.8, 4) is 0 Å². The molecule has 1 aromatic rings. The number of nitrogens with one attached hydrogen (secondary N) is 1. The van der Waals surface area contributed by atoms with E-state index in [1.165, 1.54) is 6.33 Å². The van der Waals surface area contributed by atoms with Crippen molar-refractivity contribution in [2.45, 2.75) is 19.3 Å². The van der Waals surface area contributed by atoms with Crippen molar-refractivity contribution in [2.75, 3.05) is 25.6 Å². The van der Waals surface area contributed by atoms with E-state index in [1.54, 1.807) is 13.2 Å². The number of unbranched alkanes of at least 4 members (excludes halogenated alkanes) is 2. The zero-order valence-corrected chi connectivity index (χ0v) is 9.63. The molecular weight excluding hydrogens is 214 g/mol. The van der Waals surface area contributed by atoms with Crippen LogP contribution in [-0.4, -0.2) is 30.2 Å². The minimum absolute atomic E-state index is 0.465. The third-order valence-electron chi connectivity index (χ3n) is 1.97. The molecule has 15 heavy (non-hydrogen) atoms. The fraction of sp³-hybridized carbons (Fsp3) is 0.600. The first-order valence-corrected chi connectivity index (χ1v) is 5.41. The summed E-state index contributed by atoms with van der Waals surface area (Å²) in [6, 6.07) is 1.72. The summed E-state index contributed by atoms with van der Waals surface area (Å²) < 4.78 is 4.96. The van der Waals surface area contributed by atoms with Crippen LogP contribution in [0.2, 0.25) is 5.15 Å². The van der Waals surface area contributed by atoms with Crippen LogP contribution in [0.1, 0.15) is 19.3 Å². The molecule has 0 radical (unpaired) electrons. The first kappa shape index (κ1) is 12.2. The molecular formula is C10H16ClN3O. The molecule has 1 N–H and O–H groups in total. The first-order chi connectivity index (χ1) is 7.33. The van der Waals surface area contributed by atoms with Crippen LogP contribution in [0.3, 0.4) is 0 Å². The van der Waals surface area contributed by atoms with Crippen molar-refractivity contribution in [3.63, 3.8) is 0 Å². The molecule has 0 aliphatic rings. The third-order valence-corrected chi connectivity index (χ3v) is 2.17. The lowest BCUT2D eigenvalue weighted by Crippen LogP contribution is -2.03. The Balaban J connectivity index is 2.10. The molecule has 5 heteroatoms. The van der Waals surface area contributed by atoms with Crippen LogP contribution in [0.4, 0.5) is 5.82 Å². The van der Waals surface area contributed by atoms with Gasteiger partial charge in [0, 0.05) is 26.3 Å². The molecule has 0 saturated heterocycles. The minimum Gasteiger partial charge on any atom is -0.385 e. The largest absolute Gasteiger partial charge is 0.385 e. The standard InChI is InChI=1S/C10H16ClN3O/c1-15-6-4-2-3-5-12-10-7-9(11)13-8-14-10/h7-8H,2-6H2,1H3,(H,12,13,14). The maximum Gasteiger partial charge on any atom is 0.134 e. The Bertz CT molecular complexity index is 283. The molecule has 1 heterocycles. The Morgan fingerprint density at radius 3 is 2.93 bits per heavy atom. The minimum atomic E-state index is 0.465. The summed E-state index contributed by atoms with van der Waals surface area (Å²) in [4.78, 5) is 7.85. The Morgan fingerprint density at radius 1 is 1.33 bits per heavy atom. The van der Waals surface area contributed by atoms with Crippen molar-refractivity contribution in [3.05, 3.63) is 17.5 Å². The summed E-state index contributed by atoms with van der Waals surface area (Å²) in [5.74, 6) is 0.779. The average molecular weight is 230 g/mol. The molecule has 0 aliphatic carbocycles. The zero-order chi connectivity index (χ0) is 10.9. The maximum atomic E-state index is 5.72. The third kappa shape index (κ3) is 5.54. The number of halogens is 1. The summed E-state index contributed by atoms with van der Waals surface area (Å²) in [5.41, 5.74) is 0. The van der Waals surface area contributed by atoms with Crippen LogP contribution in [0, 0.1) is 0 Å². The SMILES string of the molecule is COCCCCCNc1cc(Cl)ncn1. The maximum absolute atomic E-state index is 5.72. The van der Waals surface area contributed by atoms with Gasteiger partial charge >= 0.3 is 0 Å². The van der Waals surface area contributed by atoms with Gasteiger partial charge in [-0.25, -0.2) is 9.97 Å². The van der Waals surface area contributed by atoms with Gasteiger partial charge in [0.25, 0.3) is 0 Å². The highest BCUT2D eigenvalue weighted by atomic mass is 35.5. The average Bonchev–Trinajstić information content (AvgIpc) is 2.23. The van der Waals surface area contributed by atoms with E-state index >= 15 is 0 Å². The second-order valence-electron chi connectivity index (χ2n) is 3.21. The summed E-state index contributed by atoms with van der Waals surface area (Å²) >= 11 is 5.72. The highest BCUT2D eigenvalue weighted by Gasteiger charge is 1.95. The molecule has 0 spiro atoms.